The molecule has 2 aliphatic rings. The molecule has 124 valence electrons. The Kier molecular flexibility index (Phi) is 4.93. The smallest absolute Gasteiger partial charge is 0.170 e. The molecule has 1 heterocycles. The Morgan fingerprint density at radius 1 is 1.22 bits per heavy atom. The fourth-order valence-corrected chi connectivity index (χ4v) is 4.61. The van der Waals surface area contributed by atoms with E-state index in [1.54, 1.807) is 0 Å². The number of benzene rings is 1. The number of hydrogen-bond donors (Lipinski definition) is 1. The van der Waals surface area contributed by atoms with E-state index < -0.39 is 0 Å². The van der Waals surface area contributed by atoms with Crippen LogP contribution < -0.4 is 0 Å². The molecule has 1 aliphatic carbocycles. The number of ether oxygens (including phenoxy) is 1. The van der Waals surface area contributed by atoms with Gasteiger partial charge in [-0.3, -0.25) is 4.79 Å². The zero-order chi connectivity index (χ0) is 16.6. The number of carbonyl (C=O) groups is 1. The highest BCUT2D eigenvalue weighted by Gasteiger charge is 2.36. The average Bonchev–Trinajstić information content (AvgIpc) is 2.75. The standard InChI is InChI=1S/C19H23BrO3/c1-11-7-15(20)8-12(2)17(11)18-16(21)10-14(19(18)22)9-13-3-5-23-6-4-13/h7-8,13-14,21H,3-6,9-10H2,1-2H3. The van der Waals surface area contributed by atoms with Gasteiger partial charge in [0.1, 0.15) is 5.76 Å². The SMILES string of the molecule is Cc1cc(Br)cc(C)c1C1=C(O)CC(CC2CCOCC2)C1=O. The van der Waals surface area contributed by atoms with Crippen LogP contribution in [-0.4, -0.2) is 24.1 Å². The molecule has 1 N–H and O–H groups in total. The lowest BCUT2D eigenvalue weighted by Gasteiger charge is -2.24. The van der Waals surface area contributed by atoms with Gasteiger partial charge in [-0.05, 0) is 67.9 Å². The highest BCUT2D eigenvalue weighted by atomic mass is 79.9. The maximum absolute atomic E-state index is 12.9. The topological polar surface area (TPSA) is 46.5 Å². The van der Waals surface area contributed by atoms with Crippen molar-refractivity contribution in [3.8, 4) is 0 Å². The molecule has 1 aromatic rings. The van der Waals surface area contributed by atoms with Gasteiger partial charge in [-0.2, -0.15) is 0 Å². The van der Waals surface area contributed by atoms with Gasteiger partial charge in [0.05, 0.1) is 5.57 Å². The quantitative estimate of drug-likeness (QED) is 0.825. The Hall–Kier alpha value is -1.13. The van der Waals surface area contributed by atoms with Crippen molar-refractivity contribution in [3.05, 3.63) is 39.1 Å². The van der Waals surface area contributed by atoms with Gasteiger partial charge in [0, 0.05) is 30.0 Å². The van der Waals surface area contributed by atoms with Crippen LogP contribution >= 0.6 is 15.9 Å². The van der Waals surface area contributed by atoms with Crippen molar-refractivity contribution in [1.82, 2.24) is 0 Å². The molecule has 0 radical (unpaired) electrons. The summed E-state index contributed by atoms with van der Waals surface area (Å²) in [5.74, 6) is 0.843. The van der Waals surface area contributed by atoms with Gasteiger partial charge in [-0.25, -0.2) is 0 Å². The molecular formula is C19H23BrO3. The number of ketones is 1. The summed E-state index contributed by atoms with van der Waals surface area (Å²) < 4.78 is 6.40. The number of rotatable bonds is 3. The van der Waals surface area contributed by atoms with E-state index >= 15 is 0 Å². The van der Waals surface area contributed by atoms with Gasteiger partial charge < -0.3 is 9.84 Å². The summed E-state index contributed by atoms with van der Waals surface area (Å²) in [6.45, 7) is 5.57. The third-order valence-corrected chi connectivity index (χ3v) is 5.51. The lowest BCUT2D eigenvalue weighted by molar-refractivity contribution is -0.117. The molecule has 0 bridgehead atoms. The summed E-state index contributed by atoms with van der Waals surface area (Å²) in [4.78, 5) is 12.9. The molecule has 1 atom stereocenters. The molecule has 3 rings (SSSR count). The van der Waals surface area contributed by atoms with Gasteiger partial charge in [-0.1, -0.05) is 15.9 Å². The lowest BCUT2D eigenvalue weighted by atomic mass is 9.85. The number of aliphatic hydroxyl groups excluding tert-OH is 1. The van der Waals surface area contributed by atoms with Crippen LogP contribution in [0.25, 0.3) is 5.57 Å². The van der Waals surface area contributed by atoms with Gasteiger partial charge in [-0.15, -0.1) is 0 Å². The normalized spacial score (nSPS) is 22.9. The van der Waals surface area contributed by atoms with Crippen molar-refractivity contribution in [1.29, 1.82) is 0 Å². The molecule has 0 amide bonds. The van der Waals surface area contributed by atoms with E-state index in [-0.39, 0.29) is 17.5 Å². The van der Waals surface area contributed by atoms with E-state index in [1.165, 1.54) is 0 Å². The van der Waals surface area contributed by atoms with Gasteiger partial charge >= 0.3 is 0 Å². The zero-order valence-electron chi connectivity index (χ0n) is 13.7. The van der Waals surface area contributed by atoms with Crippen LogP contribution in [0.5, 0.6) is 0 Å². The summed E-state index contributed by atoms with van der Waals surface area (Å²) in [6.07, 6.45) is 3.40. The Balaban J connectivity index is 1.83. The molecule has 0 spiro atoms. The largest absolute Gasteiger partial charge is 0.512 e. The molecule has 23 heavy (non-hydrogen) atoms. The molecule has 0 saturated carbocycles. The van der Waals surface area contributed by atoms with Crippen molar-refractivity contribution < 1.29 is 14.6 Å². The predicted octanol–water partition coefficient (Wildman–Crippen LogP) is 4.74. The van der Waals surface area contributed by atoms with Crippen LogP contribution in [0.3, 0.4) is 0 Å². The number of aliphatic hydroxyl groups is 1. The fraction of sp³-hybridized carbons (Fsp3) is 0.526. The number of hydrogen-bond acceptors (Lipinski definition) is 3. The molecule has 1 saturated heterocycles. The first-order chi connectivity index (χ1) is 11.0. The fourth-order valence-electron chi connectivity index (χ4n) is 3.92. The Morgan fingerprint density at radius 2 is 1.83 bits per heavy atom. The second kappa shape index (κ2) is 6.78. The van der Waals surface area contributed by atoms with Crippen LogP contribution in [0, 0.1) is 25.7 Å². The average molecular weight is 379 g/mol. The number of allylic oxidation sites excluding steroid dienone is 2. The van der Waals surface area contributed by atoms with Crippen LogP contribution in [0.1, 0.15) is 42.4 Å². The van der Waals surface area contributed by atoms with Crippen LogP contribution in [0.4, 0.5) is 0 Å². The Bertz CT molecular complexity index is 634. The first kappa shape index (κ1) is 16.7. The first-order valence-corrected chi connectivity index (χ1v) is 9.08. The van der Waals surface area contributed by atoms with Crippen LogP contribution in [0.15, 0.2) is 22.4 Å². The maximum Gasteiger partial charge on any atom is 0.170 e. The highest BCUT2D eigenvalue weighted by molar-refractivity contribution is 9.10. The van der Waals surface area contributed by atoms with E-state index in [4.69, 9.17) is 4.74 Å². The van der Waals surface area contributed by atoms with Crippen molar-refractivity contribution >= 4 is 27.3 Å². The van der Waals surface area contributed by atoms with E-state index in [0.29, 0.717) is 17.9 Å². The molecule has 1 fully saturated rings. The van der Waals surface area contributed by atoms with Crippen molar-refractivity contribution in [2.24, 2.45) is 11.8 Å². The summed E-state index contributed by atoms with van der Waals surface area (Å²) in [5.41, 5.74) is 3.51. The van der Waals surface area contributed by atoms with Crippen molar-refractivity contribution in [2.45, 2.75) is 39.5 Å². The van der Waals surface area contributed by atoms with Gasteiger partial charge in [0.25, 0.3) is 0 Å². The van der Waals surface area contributed by atoms with Crippen LogP contribution in [0.2, 0.25) is 0 Å². The molecule has 1 aromatic carbocycles. The minimum atomic E-state index is -0.0736. The minimum absolute atomic E-state index is 0.0736. The number of aryl methyl sites for hydroxylation is 2. The molecule has 3 nitrogen and oxygen atoms in total. The van der Waals surface area contributed by atoms with Gasteiger partial charge in [0.15, 0.2) is 5.78 Å². The van der Waals surface area contributed by atoms with Crippen molar-refractivity contribution in [3.63, 3.8) is 0 Å². The number of halogens is 1. The predicted molar refractivity (Wildman–Crippen MR) is 94.4 cm³/mol. The van der Waals surface area contributed by atoms with Gasteiger partial charge in [0.2, 0.25) is 0 Å². The highest BCUT2D eigenvalue weighted by Crippen LogP contribution is 2.40. The molecule has 0 aromatic heterocycles. The van der Waals surface area contributed by atoms with Crippen molar-refractivity contribution in [2.75, 3.05) is 13.2 Å². The summed E-state index contributed by atoms with van der Waals surface area (Å²) >= 11 is 3.49. The Morgan fingerprint density at radius 3 is 2.43 bits per heavy atom. The first-order valence-electron chi connectivity index (χ1n) is 8.28. The maximum atomic E-state index is 12.9. The zero-order valence-corrected chi connectivity index (χ0v) is 15.3. The third-order valence-electron chi connectivity index (χ3n) is 5.05. The second-order valence-corrected chi connectivity index (χ2v) is 7.71. The molecule has 1 aliphatic heterocycles. The van der Waals surface area contributed by atoms with E-state index in [2.05, 4.69) is 15.9 Å². The summed E-state index contributed by atoms with van der Waals surface area (Å²) in [7, 11) is 0. The lowest BCUT2D eigenvalue weighted by Crippen LogP contribution is -2.21. The molecule has 4 heteroatoms. The Labute approximate surface area is 145 Å². The summed E-state index contributed by atoms with van der Waals surface area (Å²) in [6, 6.07) is 4.00. The molecule has 1 unspecified atom stereocenters. The van der Waals surface area contributed by atoms with E-state index in [0.717, 1.165) is 53.6 Å². The molecular weight excluding hydrogens is 356 g/mol. The summed E-state index contributed by atoms with van der Waals surface area (Å²) in [5, 5.41) is 10.5. The number of carbonyl (C=O) groups excluding carboxylic acids is 1. The van der Waals surface area contributed by atoms with E-state index in [1.807, 2.05) is 26.0 Å². The second-order valence-electron chi connectivity index (χ2n) is 6.79. The minimum Gasteiger partial charge on any atom is -0.512 e. The van der Waals surface area contributed by atoms with Crippen LogP contribution in [-0.2, 0) is 9.53 Å². The number of Topliss-reactive ketones (excluding diaryl/α,β-unsaturated/α-hetero) is 1. The monoisotopic (exact) mass is 378 g/mol. The third kappa shape index (κ3) is 3.38. The van der Waals surface area contributed by atoms with E-state index in [9.17, 15) is 9.90 Å².